The molecule has 0 spiro atoms. The van der Waals surface area contributed by atoms with E-state index in [0.29, 0.717) is 24.4 Å². The highest BCUT2D eigenvalue weighted by Crippen LogP contribution is 2.45. The van der Waals surface area contributed by atoms with Gasteiger partial charge in [-0.3, -0.25) is 14.6 Å². The standard InChI is InChI=1S/C27H33N5O4/c1-4-20-11-18(23(35-3)15-28-20)9-10-27(19-7-5-6-8-19)13-22(33)21(25(34)36-27)12-24-30-26-29-14-17(2)16-32(26)31-24/h11,14-16,19,21H,4-10,12-13H2,1-3H3. The van der Waals surface area contributed by atoms with Crippen LogP contribution in [0.3, 0.4) is 0 Å². The third kappa shape index (κ3) is 4.70. The average Bonchev–Trinajstić information content (AvgIpc) is 3.55. The molecule has 2 unspecified atom stereocenters. The van der Waals surface area contributed by atoms with Crippen LogP contribution >= 0.6 is 0 Å². The molecule has 9 nitrogen and oxygen atoms in total. The zero-order chi connectivity index (χ0) is 25.3. The predicted molar refractivity (Wildman–Crippen MR) is 132 cm³/mol. The van der Waals surface area contributed by atoms with Crippen LogP contribution in [0, 0.1) is 18.8 Å². The topological polar surface area (TPSA) is 109 Å². The van der Waals surface area contributed by atoms with E-state index in [2.05, 4.69) is 33.0 Å². The number of aryl methyl sites for hydroxylation is 3. The van der Waals surface area contributed by atoms with Gasteiger partial charge < -0.3 is 9.47 Å². The molecule has 36 heavy (non-hydrogen) atoms. The number of nitrogens with zero attached hydrogens (tertiary/aromatic N) is 5. The van der Waals surface area contributed by atoms with Crippen LogP contribution < -0.4 is 4.74 Å². The summed E-state index contributed by atoms with van der Waals surface area (Å²) in [5.74, 6) is 0.345. The Bertz CT molecular complexity index is 1260. The van der Waals surface area contributed by atoms with Gasteiger partial charge in [-0.2, -0.15) is 4.98 Å². The van der Waals surface area contributed by atoms with Crippen LogP contribution in [0.5, 0.6) is 5.75 Å². The average molecular weight is 492 g/mol. The van der Waals surface area contributed by atoms with E-state index >= 15 is 0 Å². The Morgan fingerprint density at radius 2 is 2.00 bits per heavy atom. The second kappa shape index (κ2) is 9.95. The number of pyridine rings is 1. The predicted octanol–water partition coefficient (Wildman–Crippen LogP) is 3.64. The second-order valence-electron chi connectivity index (χ2n) is 10.1. The zero-order valence-electron chi connectivity index (χ0n) is 21.2. The second-order valence-corrected chi connectivity index (χ2v) is 10.1. The summed E-state index contributed by atoms with van der Waals surface area (Å²) in [4.78, 5) is 39.9. The van der Waals surface area contributed by atoms with Crippen molar-refractivity contribution in [3.8, 4) is 5.75 Å². The quantitative estimate of drug-likeness (QED) is 0.347. The molecule has 2 aliphatic rings. The highest BCUT2D eigenvalue weighted by molar-refractivity contribution is 6.01. The molecule has 190 valence electrons. The first-order valence-corrected chi connectivity index (χ1v) is 12.9. The van der Waals surface area contributed by atoms with E-state index in [0.717, 1.165) is 54.7 Å². The molecule has 0 N–H and O–H groups in total. The molecule has 3 aromatic heterocycles. The third-order valence-electron chi connectivity index (χ3n) is 7.71. The van der Waals surface area contributed by atoms with Crippen molar-refractivity contribution in [2.45, 2.75) is 77.2 Å². The Morgan fingerprint density at radius 1 is 1.19 bits per heavy atom. The van der Waals surface area contributed by atoms with E-state index in [-0.39, 0.29) is 24.5 Å². The van der Waals surface area contributed by atoms with Crippen molar-refractivity contribution in [1.82, 2.24) is 24.6 Å². The highest BCUT2D eigenvalue weighted by Gasteiger charge is 2.51. The number of hydrogen-bond donors (Lipinski definition) is 0. The molecule has 0 radical (unpaired) electrons. The lowest BCUT2D eigenvalue weighted by Gasteiger charge is -2.43. The first-order valence-electron chi connectivity index (χ1n) is 12.9. The summed E-state index contributed by atoms with van der Waals surface area (Å²) in [6.45, 7) is 3.98. The molecule has 5 rings (SSSR count). The molecule has 0 bridgehead atoms. The van der Waals surface area contributed by atoms with E-state index in [4.69, 9.17) is 9.47 Å². The fraction of sp³-hybridized carbons (Fsp3) is 0.556. The van der Waals surface area contributed by atoms with Gasteiger partial charge >= 0.3 is 5.97 Å². The fourth-order valence-electron chi connectivity index (χ4n) is 5.72. The van der Waals surface area contributed by atoms with E-state index < -0.39 is 17.5 Å². The Labute approximate surface area is 210 Å². The summed E-state index contributed by atoms with van der Waals surface area (Å²) >= 11 is 0. The number of ether oxygens (including phenoxy) is 2. The SMILES string of the molecule is CCc1cc(CCC2(C3CCCC3)CC(=O)C(Cc3nc4ncc(C)cn4n3)C(=O)O2)c(OC)cn1. The van der Waals surface area contributed by atoms with Gasteiger partial charge in [-0.1, -0.05) is 19.8 Å². The molecule has 1 saturated heterocycles. The molecule has 2 atom stereocenters. The normalized spacial score (nSPS) is 22.8. The maximum Gasteiger partial charge on any atom is 0.317 e. The monoisotopic (exact) mass is 491 g/mol. The number of carbonyl (C=O) groups is 2. The van der Waals surface area contributed by atoms with Crippen molar-refractivity contribution in [3.05, 3.63) is 47.3 Å². The lowest BCUT2D eigenvalue weighted by atomic mass is 9.73. The van der Waals surface area contributed by atoms with Crippen molar-refractivity contribution in [3.63, 3.8) is 0 Å². The molecule has 0 aromatic carbocycles. The minimum Gasteiger partial charge on any atom is -0.495 e. The van der Waals surface area contributed by atoms with Gasteiger partial charge in [0, 0.05) is 30.9 Å². The number of rotatable bonds is 8. The number of methoxy groups -OCH3 is 1. The number of fused-ring (bicyclic) bond motifs is 1. The largest absolute Gasteiger partial charge is 0.495 e. The number of Topliss-reactive ketones (excluding diaryl/α,β-unsaturated/α-hetero) is 1. The maximum atomic E-state index is 13.5. The molecule has 3 aromatic rings. The van der Waals surface area contributed by atoms with Gasteiger partial charge in [-0.25, -0.2) is 9.50 Å². The van der Waals surface area contributed by atoms with Gasteiger partial charge in [0.15, 0.2) is 11.6 Å². The van der Waals surface area contributed by atoms with Crippen molar-refractivity contribution >= 4 is 17.5 Å². The van der Waals surface area contributed by atoms with E-state index in [1.54, 1.807) is 24.0 Å². The lowest BCUT2D eigenvalue weighted by molar-refractivity contribution is -0.185. The number of aromatic nitrogens is 5. The van der Waals surface area contributed by atoms with Gasteiger partial charge in [0.05, 0.1) is 13.3 Å². The molecule has 0 amide bonds. The Hall–Kier alpha value is -3.36. The summed E-state index contributed by atoms with van der Waals surface area (Å²) < 4.78 is 13.4. The molecular weight excluding hydrogens is 458 g/mol. The van der Waals surface area contributed by atoms with Crippen LogP contribution in [-0.2, 0) is 33.6 Å². The van der Waals surface area contributed by atoms with Gasteiger partial charge in [-0.15, -0.1) is 5.10 Å². The van der Waals surface area contributed by atoms with Gasteiger partial charge in [0.25, 0.3) is 5.78 Å². The van der Waals surface area contributed by atoms with Crippen LogP contribution in [0.15, 0.2) is 24.7 Å². The van der Waals surface area contributed by atoms with Crippen LogP contribution in [0.25, 0.3) is 5.78 Å². The van der Waals surface area contributed by atoms with E-state index in [1.807, 2.05) is 13.1 Å². The number of hydrogen-bond acceptors (Lipinski definition) is 8. The molecule has 4 heterocycles. The van der Waals surface area contributed by atoms with Crippen LogP contribution in [-0.4, -0.2) is 49.0 Å². The summed E-state index contributed by atoms with van der Waals surface area (Å²) in [7, 11) is 1.64. The van der Waals surface area contributed by atoms with Crippen LogP contribution in [0.2, 0.25) is 0 Å². The maximum absolute atomic E-state index is 13.5. The molecule has 1 aliphatic carbocycles. The summed E-state index contributed by atoms with van der Waals surface area (Å²) in [6.07, 6.45) is 11.8. The molecule has 2 fully saturated rings. The number of cyclic esters (lactones) is 1. The smallest absolute Gasteiger partial charge is 0.317 e. The van der Waals surface area contributed by atoms with Crippen molar-refractivity contribution in [2.75, 3.05) is 7.11 Å². The molecule has 9 heteroatoms. The summed E-state index contributed by atoms with van der Waals surface area (Å²) in [6, 6.07) is 2.06. The minimum absolute atomic E-state index is 0.0860. The van der Waals surface area contributed by atoms with Crippen molar-refractivity contribution in [1.29, 1.82) is 0 Å². The van der Waals surface area contributed by atoms with Crippen molar-refractivity contribution in [2.24, 2.45) is 11.8 Å². The molecular formula is C27H33N5O4. The number of esters is 1. The fourth-order valence-corrected chi connectivity index (χ4v) is 5.72. The van der Waals surface area contributed by atoms with Crippen LogP contribution in [0.1, 0.15) is 68.1 Å². The Morgan fingerprint density at radius 3 is 2.72 bits per heavy atom. The van der Waals surface area contributed by atoms with Gasteiger partial charge in [0.1, 0.15) is 17.3 Å². The van der Waals surface area contributed by atoms with E-state index in [9.17, 15) is 9.59 Å². The van der Waals surface area contributed by atoms with Crippen LogP contribution in [0.4, 0.5) is 0 Å². The first-order chi connectivity index (χ1) is 17.4. The minimum atomic E-state index is -0.889. The molecule has 1 saturated carbocycles. The van der Waals surface area contributed by atoms with Gasteiger partial charge in [0.2, 0.25) is 0 Å². The number of carbonyl (C=O) groups excluding carboxylic acids is 2. The Kier molecular flexibility index (Phi) is 6.73. The summed E-state index contributed by atoms with van der Waals surface area (Å²) in [5, 5.41) is 4.42. The van der Waals surface area contributed by atoms with Crippen molar-refractivity contribution < 1.29 is 19.1 Å². The Balaban J connectivity index is 1.37. The zero-order valence-corrected chi connectivity index (χ0v) is 21.2. The van der Waals surface area contributed by atoms with E-state index in [1.165, 1.54) is 0 Å². The third-order valence-corrected chi connectivity index (χ3v) is 7.71. The van der Waals surface area contributed by atoms with Gasteiger partial charge in [-0.05, 0) is 62.1 Å². The highest BCUT2D eigenvalue weighted by atomic mass is 16.6. The number of ketones is 1. The lowest BCUT2D eigenvalue weighted by Crippen LogP contribution is -2.52. The first kappa shape index (κ1) is 24.3. The molecule has 1 aliphatic heterocycles. The summed E-state index contributed by atoms with van der Waals surface area (Å²) in [5.41, 5.74) is 2.18.